The summed E-state index contributed by atoms with van der Waals surface area (Å²) >= 11 is 12.1. The molecule has 2 aliphatic heterocycles. The molecule has 1 aromatic carbocycles. The summed E-state index contributed by atoms with van der Waals surface area (Å²) < 4.78 is 0. The van der Waals surface area contributed by atoms with Crippen LogP contribution in [0.5, 0.6) is 0 Å². The normalized spacial score (nSPS) is 20.0. The molecule has 136 valence electrons. The first-order valence-corrected chi connectivity index (χ1v) is 9.29. The molecular formula is C18H18Cl2N4O2. The van der Waals surface area contributed by atoms with Crippen molar-refractivity contribution in [3.05, 3.63) is 45.8 Å². The molecule has 0 spiro atoms. The molecular weight excluding hydrogens is 375 g/mol. The maximum absolute atomic E-state index is 11.7. The number of fused-ring (bicyclic) bond motifs is 1. The molecule has 8 heteroatoms. The van der Waals surface area contributed by atoms with Gasteiger partial charge in [0.05, 0.1) is 16.9 Å². The summed E-state index contributed by atoms with van der Waals surface area (Å²) in [7, 11) is 0. The molecule has 0 aliphatic carbocycles. The Kier molecular flexibility index (Phi) is 4.84. The average Bonchev–Trinajstić information content (AvgIpc) is 3.18. The lowest BCUT2D eigenvalue weighted by Crippen LogP contribution is -2.35. The molecule has 1 fully saturated rings. The Hall–Kier alpha value is -1.73. The first-order chi connectivity index (χ1) is 12.5. The quantitative estimate of drug-likeness (QED) is 0.810. The summed E-state index contributed by atoms with van der Waals surface area (Å²) in [5.74, 6) is 0.203. The third-order valence-corrected chi connectivity index (χ3v) is 5.42. The van der Waals surface area contributed by atoms with Gasteiger partial charge in [-0.15, -0.1) is 0 Å². The largest absolute Gasteiger partial charge is 0.374 e. The highest BCUT2D eigenvalue weighted by Crippen LogP contribution is 2.36. The summed E-state index contributed by atoms with van der Waals surface area (Å²) in [6.07, 6.45) is 2.32. The van der Waals surface area contributed by atoms with Crippen molar-refractivity contribution in [3.8, 4) is 11.3 Å². The molecule has 1 atom stereocenters. The topological polar surface area (TPSA) is 69.6 Å². The smallest absolute Gasteiger partial charge is 0.222 e. The number of benzene rings is 1. The molecule has 2 aliphatic rings. The van der Waals surface area contributed by atoms with Crippen LogP contribution in [-0.4, -0.2) is 50.4 Å². The molecule has 1 amide bonds. The second-order valence-corrected chi connectivity index (χ2v) is 7.32. The Labute approximate surface area is 161 Å². The molecule has 3 heterocycles. The van der Waals surface area contributed by atoms with Crippen molar-refractivity contribution in [2.75, 3.05) is 19.6 Å². The van der Waals surface area contributed by atoms with E-state index in [2.05, 4.69) is 9.97 Å². The number of carbonyl (C=O) groups excluding carboxylic acids is 1. The van der Waals surface area contributed by atoms with E-state index >= 15 is 0 Å². The molecule has 6 nitrogen and oxygen atoms in total. The number of carbonyl (C=O) groups is 1. The van der Waals surface area contributed by atoms with Crippen molar-refractivity contribution < 1.29 is 9.90 Å². The number of rotatable bonds is 4. The third-order valence-electron chi connectivity index (χ3n) is 4.96. The molecule has 2 aromatic rings. The van der Waals surface area contributed by atoms with Crippen LogP contribution in [0.3, 0.4) is 0 Å². The minimum atomic E-state index is -0.710. The summed E-state index contributed by atoms with van der Waals surface area (Å²) in [6, 6.07) is 5.79. The van der Waals surface area contributed by atoms with E-state index < -0.39 is 6.23 Å². The number of hydrogen-bond donors (Lipinski definition) is 1. The van der Waals surface area contributed by atoms with E-state index in [1.54, 1.807) is 0 Å². The van der Waals surface area contributed by atoms with Crippen molar-refractivity contribution in [1.82, 2.24) is 19.8 Å². The zero-order valence-corrected chi connectivity index (χ0v) is 15.5. The van der Waals surface area contributed by atoms with Crippen LogP contribution in [0.2, 0.25) is 10.3 Å². The summed E-state index contributed by atoms with van der Waals surface area (Å²) in [5.41, 5.74) is 3.22. The average molecular weight is 393 g/mol. The molecule has 1 saturated heterocycles. The minimum absolute atomic E-state index is 0.127. The van der Waals surface area contributed by atoms with Crippen LogP contribution in [0.25, 0.3) is 11.3 Å². The van der Waals surface area contributed by atoms with Crippen LogP contribution in [0, 0.1) is 0 Å². The Morgan fingerprint density at radius 2 is 2.12 bits per heavy atom. The van der Waals surface area contributed by atoms with Gasteiger partial charge in [-0.25, -0.2) is 9.97 Å². The van der Waals surface area contributed by atoms with Gasteiger partial charge in [-0.2, -0.15) is 0 Å². The van der Waals surface area contributed by atoms with Crippen molar-refractivity contribution in [2.24, 2.45) is 0 Å². The lowest BCUT2D eigenvalue weighted by molar-refractivity contribution is -0.128. The fourth-order valence-corrected chi connectivity index (χ4v) is 3.90. The van der Waals surface area contributed by atoms with Crippen LogP contribution >= 0.6 is 23.2 Å². The highest BCUT2D eigenvalue weighted by atomic mass is 35.5. The van der Waals surface area contributed by atoms with Gasteiger partial charge in [0.2, 0.25) is 11.2 Å². The van der Waals surface area contributed by atoms with E-state index in [0.29, 0.717) is 36.8 Å². The molecule has 4 rings (SSSR count). The van der Waals surface area contributed by atoms with Crippen LogP contribution in [-0.2, 0) is 11.3 Å². The van der Waals surface area contributed by atoms with Gasteiger partial charge in [-0.3, -0.25) is 9.69 Å². The van der Waals surface area contributed by atoms with Gasteiger partial charge >= 0.3 is 0 Å². The van der Waals surface area contributed by atoms with Crippen molar-refractivity contribution >= 4 is 29.1 Å². The molecule has 0 radical (unpaired) electrons. The first-order valence-electron chi connectivity index (χ1n) is 8.54. The van der Waals surface area contributed by atoms with Gasteiger partial charge in [0.15, 0.2) is 0 Å². The lowest BCUT2D eigenvalue weighted by Gasteiger charge is -2.24. The third kappa shape index (κ3) is 3.30. The zero-order valence-electron chi connectivity index (χ0n) is 14.0. The van der Waals surface area contributed by atoms with Gasteiger partial charge in [0, 0.05) is 43.7 Å². The molecule has 0 saturated carbocycles. The van der Waals surface area contributed by atoms with Gasteiger partial charge in [-0.05, 0) is 29.7 Å². The second kappa shape index (κ2) is 7.12. The standard InChI is InChI=1S/C18H18Cl2N4O2/c19-14-9-21-18(20)22-16(14)11-3-4-12-10-24(17(26)13(12)8-11)7-6-23-5-1-2-15(23)25/h3-4,8-9,17,26H,1-2,5-7,10H2. The summed E-state index contributed by atoms with van der Waals surface area (Å²) in [6.45, 7) is 2.74. The highest BCUT2D eigenvalue weighted by molar-refractivity contribution is 6.33. The number of halogens is 2. The maximum atomic E-state index is 11.7. The predicted molar refractivity (Wildman–Crippen MR) is 98.7 cm³/mol. The number of nitrogens with zero attached hydrogens (tertiary/aromatic N) is 4. The van der Waals surface area contributed by atoms with Gasteiger partial charge in [-0.1, -0.05) is 23.7 Å². The highest BCUT2D eigenvalue weighted by Gasteiger charge is 2.30. The number of aliphatic hydroxyl groups excluding tert-OH is 1. The van der Waals surface area contributed by atoms with E-state index in [9.17, 15) is 9.90 Å². The fraction of sp³-hybridized carbons (Fsp3) is 0.389. The van der Waals surface area contributed by atoms with E-state index in [-0.39, 0.29) is 11.2 Å². The number of aliphatic hydroxyl groups is 1. The molecule has 0 bridgehead atoms. The summed E-state index contributed by atoms with van der Waals surface area (Å²) in [4.78, 5) is 23.6. The number of amides is 1. The monoisotopic (exact) mass is 392 g/mol. The van der Waals surface area contributed by atoms with Crippen LogP contribution in [0.4, 0.5) is 0 Å². The Morgan fingerprint density at radius 1 is 1.27 bits per heavy atom. The van der Waals surface area contributed by atoms with E-state index in [1.807, 2.05) is 28.0 Å². The fourth-order valence-electron chi connectivity index (χ4n) is 3.57. The van der Waals surface area contributed by atoms with Gasteiger partial charge in [0.25, 0.3) is 0 Å². The SMILES string of the molecule is O=C1CCCN1CCN1Cc2ccc(-c3nc(Cl)ncc3Cl)cc2C1O. The van der Waals surface area contributed by atoms with Gasteiger partial charge in [0.1, 0.15) is 6.23 Å². The van der Waals surface area contributed by atoms with Crippen LogP contribution < -0.4 is 0 Å². The number of aromatic nitrogens is 2. The minimum Gasteiger partial charge on any atom is -0.374 e. The van der Waals surface area contributed by atoms with E-state index in [0.717, 1.165) is 29.7 Å². The second-order valence-electron chi connectivity index (χ2n) is 6.58. The Balaban J connectivity index is 1.52. The van der Waals surface area contributed by atoms with Gasteiger partial charge < -0.3 is 10.0 Å². The lowest BCUT2D eigenvalue weighted by atomic mass is 10.0. The van der Waals surface area contributed by atoms with Crippen LogP contribution in [0.15, 0.2) is 24.4 Å². The molecule has 1 unspecified atom stereocenters. The van der Waals surface area contributed by atoms with E-state index in [1.165, 1.54) is 6.20 Å². The van der Waals surface area contributed by atoms with Crippen LogP contribution in [0.1, 0.15) is 30.2 Å². The Morgan fingerprint density at radius 3 is 2.88 bits per heavy atom. The Bertz CT molecular complexity index is 861. The van der Waals surface area contributed by atoms with E-state index in [4.69, 9.17) is 23.2 Å². The molecule has 26 heavy (non-hydrogen) atoms. The zero-order chi connectivity index (χ0) is 18.3. The first kappa shape index (κ1) is 17.7. The number of hydrogen-bond acceptors (Lipinski definition) is 5. The number of likely N-dealkylation sites (tertiary alicyclic amines) is 1. The molecule has 1 aromatic heterocycles. The summed E-state index contributed by atoms with van der Waals surface area (Å²) in [5, 5.41) is 11.2. The van der Waals surface area contributed by atoms with Crippen molar-refractivity contribution in [2.45, 2.75) is 25.6 Å². The maximum Gasteiger partial charge on any atom is 0.222 e. The van der Waals surface area contributed by atoms with Crippen molar-refractivity contribution in [3.63, 3.8) is 0 Å². The molecule has 1 N–H and O–H groups in total. The van der Waals surface area contributed by atoms with Crippen molar-refractivity contribution in [1.29, 1.82) is 0 Å². The predicted octanol–water partition coefficient (Wildman–Crippen LogP) is 2.88.